The molecule has 0 radical (unpaired) electrons. The van der Waals surface area contributed by atoms with E-state index in [-0.39, 0.29) is 16.7 Å². The second kappa shape index (κ2) is 5.64. The molecule has 1 aromatic rings. The smallest absolute Gasteiger partial charge is 0.242 e. The van der Waals surface area contributed by atoms with Gasteiger partial charge >= 0.3 is 0 Å². The first-order valence-corrected chi connectivity index (χ1v) is 8.93. The van der Waals surface area contributed by atoms with Crippen molar-refractivity contribution in [1.82, 2.24) is 9.62 Å². The molecule has 2 aliphatic rings. The normalized spacial score (nSPS) is 21.4. The minimum atomic E-state index is -3.48. The molecule has 1 N–H and O–H groups in total. The number of nitrogens with one attached hydrogen (secondary N) is 1. The van der Waals surface area contributed by atoms with Crippen molar-refractivity contribution in [2.75, 3.05) is 38.6 Å². The first-order valence-electron chi connectivity index (χ1n) is 7.49. The molecule has 1 unspecified atom stereocenters. The SMILES string of the molecule is CN(C)S(=O)(=O)c1ccc2c(c1)N(C(=O)C1CCNC1)CC2. The largest absolute Gasteiger partial charge is 0.316 e. The third-order valence-electron chi connectivity index (χ3n) is 4.41. The second-order valence-electron chi connectivity index (χ2n) is 6.01. The van der Waals surface area contributed by atoms with Gasteiger partial charge in [0.2, 0.25) is 15.9 Å². The molecular weight excluding hydrogens is 302 g/mol. The molecule has 1 aromatic carbocycles. The van der Waals surface area contributed by atoms with Crippen molar-refractivity contribution in [3.05, 3.63) is 23.8 Å². The van der Waals surface area contributed by atoms with Gasteiger partial charge in [0.1, 0.15) is 0 Å². The minimum Gasteiger partial charge on any atom is -0.316 e. The molecule has 7 heteroatoms. The Balaban J connectivity index is 1.94. The van der Waals surface area contributed by atoms with E-state index in [9.17, 15) is 13.2 Å². The van der Waals surface area contributed by atoms with Gasteiger partial charge in [-0.3, -0.25) is 4.79 Å². The van der Waals surface area contributed by atoms with Crippen LogP contribution in [0.1, 0.15) is 12.0 Å². The van der Waals surface area contributed by atoms with Gasteiger partial charge in [-0.05, 0) is 37.1 Å². The summed E-state index contributed by atoms with van der Waals surface area (Å²) in [6.07, 6.45) is 1.63. The fourth-order valence-corrected chi connectivity index (χ4v) is 3.97. The Morgan fingerprint density at radius 1 is 1.36 bits per heavy atom. The van der Waals surface area contributed by atoms with Crippen LogP contribution in [0.15, 0.2) is 23.1 Å². The number of hydrogen-bond donors (Lipinski definition) is 1. The van der Waals surface area contributed by atoms with Crippen LogP contribution < -0.4 is 10.2 Å². The van der Waals surface area contributed by atoms with Crippen molar-refractivity contribution in [1.29, 1.82) is 0 Å². The molecule has 3 rings (SSSR count). The van der Waals surface area contributed by atoms with Crippen molar-refractivity contribution in [3.8, 4) is 0 Å². The van der Waals surface area contributed by atoms with Gasteiger partial charge in [-0.2, -0.15) is 0 Å². The Morgan fingerprint density at radius 3 is 2.77 bits per heavy atom. The highest BCUT2D eigenvalue weighted by atomic mass is 32.2. The third kappa shape index (κ3) is 2.53. The number of carbonyl (C=O) groups is 1. The molecule has 1 amide bonds. The van der Waals surface area contributed by atoms with Gasteiger partial charge < -0.3 is 10.2 Å². The summed E-state index contributed by atoms with van der Waals surface area (Å²) in [6.45, 7) is 2.21. The van der Waals surface area contributed by atoms with Crippen LogP contribution in [0.3, 0.4) is 0 Å². The van der Waals surface area contributed by atoms with Crippen LogP contribution >= 0.6 is 0 Å². The number of hydrogen-bond acceptors (Lipinski definition) is 4. The van der Waals surface area contributed by atoms with Gasteiger partial charge in [0.15, 0.2) is 0 Å². The van der Waals surface area contributed by atoms with Crippen molar-refractivity contribution in [2.24, 2.45) is 5.92 Å². The summed E-state index contributed by atoms with van der Waals surface area (Å²) >= 11 is 0. The maximum atomic E-state index is 12.6. The average molecular weight is 323 g/mol. The van der Waals surface area contributed by atoms with E-state index >= 15 is 0 Å². The lowest BCUT2D eigenvalue weighted by atomic mass is 10.1. The van der Waals surface area contributed by atoms with E-state index in [0.717, 1.165) is 30.6 Å². The number of carbonyl (C=O) groups excluding carboxylic acids is 1. The molecule has 120 valence electrons. The molecule has 1 fully saturated rings. The summed E-state index contributed by atoms with van der Waals surface area (Å²) in [5.74, 6) is 0.100. The van der Waals surface area contributed by atoms with Gasteiger partial charge in [0.25, 0.3) is 0 Å². The summed E-state index contributed by atoms with van der Waals surface area (Å²) in [7, 11) is -0.464. The van der Waals surface area contributed by atoms with Crippen LogP contribution in [0.25, 0.3) is 0 Å². The zero-order chi connectivity index (χ0) is 15.9. The third-order valence-corrected chi connectivity index (χ3v) is 6.22. The molecule has 2 heterocycles. The van der Waals surface area contributed by atoms with Gasteiger partial charge in [-0.25, -0.2) is 12.7 Å². The average Bonchev–Trinajstić information content (AvgIpc) is 3.15. The van der Waals surface area contributed by atoms with E-state index in [1.54, 1.807) is 17.0 Å². The highest BCUT2D eigenvalue weighted by Gasteiger charge is 2.32. The van der Waals surface area contributed by atoms with Gasteiger partial charge in [0.05, 0.1) is 10.8 Å². The Bertz CT molecular complexity index is 694. The van der Waals surface area contributed by atoms with E-state index in [0.29, 0.717) is 13.1 Å². The summed E-state index contributed by atoms with van der Waals surface area (Å²) in [5, 5.41) is 3.20. The second-order valence-corrected chi connectivity index (χ2v) is 8.16. The number of sulfonamides is 1. The zero-order valence-corrected chi connectivity index (χ0v) is 13.7. The molecule has 0 saturated carbocycles. The van der Waals surface area contributed by atoms with Crippen LogP contribution in [-0.4, -0.2) is 52.4 Å². The number of fused-ring (bicyclic) bond motifs is 1. The molecule has 0 bridgehead atoms. The maximum absolute atomic E-state index is 12.6. The number of amides is 1. The highest BCUT2D eigenvalue weighted by molar-refractivity contribution is 7.89. The zero-order valence-electron chi connectivity index (χ0n) is 12.9. The van der Waals surface area contributed by atoms with Crippen LogP contribution in [0, 0.1) is 5.92 Å². The molecule has 1 saturated heterocycles. The van der Waals surface area contributed by atoms with E-state index in [4.69, 9.17) is 0 Å². The Morgan fingerprint density at radius 2 is 2.14 bits per heavy atom. The van der Waals surface area contributed by atoms with E-state index in [1.165, 1.54) is 18.4 Å². The molecule has 0 aliphatic carbocycles. The molecular formula is C15H21N3O3S. The number of rotatable bonds is 3. The van der Waals surface area contributed by atoms with E-state index in [1.807, 2.05) is 6.07 Å². The quantitative estimate of drug-likeness (QED) is 0.876. The van der Waals surface area contributed by atoms with Crippen molar-refractivity contribution in [2.45, 2.75) is 17.7 Å². The predicted octanol–water partition coefficient (Wildman–Crippen LogP) is 0.436. The van der Waals surface area contributed by atoms with Crippen molar-refractivity contribution < 1.29 is 13.2 Å². The van der Waals surface area contributed by atoms with Gasteiger partial charge in [-0.1, -0.05) is 6.07 Å². The Hall–Kier alpha value is -1.44. The number of nitrogens with zero attached hydrogens (tertiary/aromatic N) is 2. The number of benzene rings is 1. The van der Waals surface area contributed by atoms with E-state index in [2.05, 4.69) is 5.32 Å². The fourth-order valence-electron chi connectivity index (χ4n) is 3.05. The van der Waals surface area contributed by atoms with Gasteiger partial charge in [0, 0.05) is 32.9 Å². The summed E-state index contributed by atoms with van der Waals surface area (Å²) in [6, 6.07) is 5.09. The molecule has 2 aliphatic heterocycles. The van der Waals surface area contributed by atoms with Crippen molar-refractivity contribution in [3.63, 3.8) is 0 Å². The van der Waals surface area contributed by atoms with Crippen LogP contribution in [-0.2, 0) is 21.2 Å². The van der Waals surface area contributed by atoms with E-state index < -0.39 is 10.0 Å². The van der Waals surface area contributed by atoms with Crippen LogP contribution in [0.5, 0.6) is 0 Å². The minimum absolute atomic E-state index is 0.0000574. The van der Waals surface area contributed by atoms with Gasteiger partial charge in [-0.15, -0.1) is 0 Å². The Labute approximate surface area is 131 Å². The lowest BCUT2D eigenvalue weighted by Gasteiger charge is -2.21. The Kier molecular flexibility index (Phi) is 3.96. The van der Waals surface area contributed by atoms with Crippen LogP contribution in [0.2, 0.25) is 0 Å². The summed E-state index contributed by atoms with van der Waals surface area (Å²) in [5.41, 5.74) is 1.79. The monoisotopic (exact) mass is 323 g/mol. The van der Waals surface area contributed by atoms with Crippen LogP contribution in [0.4, 0.5) is 5.69 Å². The summed E-state index contributed by atoms with van der Waals surface area (Å²) < 4.78 is 25.7. The fraction of sp³-hybridized carbons (Fsp3) is 0.533. The number of anilines is 1. The first-order chi connectivity index (χ1) is 10.4. The molecule has 0 spiro atoms. The lowest BCUT2D eigenvalue weighted by Crippen LogP contribution is -2.36. The van der Waals surface area contributed by atoms with Crippen molar-refractivity contribution >= 4 is 21.6 Å². The highest BCUT2D eigenvalue weighted by Crippen LogP contribution is 2.32. The topological polar surface area (TPSA) is 69.7 Å². The predicted molar refractivity (Wildman–Crippen MR) is 84.3 cm³/mol. The molecule has 0 aromatic heterocycles. The first kappa shape index (κ1) is 15.5. The lowest BCUT2D eigenvalue weighted by molar-refractivity contribution is -0.121. The molecule has 6 nitrogen and oxygen atoms in total. The molecule has 1 atom stereocenters. The standard InChI is InChI=1S/C15H21N3O3S/c1-17(2)22(20,21)13-4-3-11-6-8-18(14(11)9-13)15(19)12-5-7-16-10-12/h3-4,9,12,16H,5-8,10H2,1-2H3. The maximum Gasteiger partial charge on any atom is 0.242 e. The molecule has 22 heavy (non-hydrogen) atoms. The summed E-state index contributed by atoms with van der Waals surface area (Å²) in [4.78, 5) is 14.6.